The highest BCUT2D eigenvalue weighted by molar-refractivity contribution is 5.90. The molecule has 1 aromatic carbocycles. The van der Waals surface area contributed by atoms with Gasteiger partial charge in [0.2, 0.25) is 11.7 Å². The molecule has 1 amide bonds. The number of carbonyl (C=O) groups excluding carboxylic acids is 1. The van der Waals surface area contributed by atoms with Crippen LogP contribution in [-0.4, -0.2) is 30.5 Å². The third-order valence-electron chi connectivity index (χ3n) is 4.01. The summed E-state index contributed by atoms with van der Waals surface area (Å²) in [6.07, 6.45) is 4.18. The summed E-state index contributed by atoms with van der Waals surface area (Å²) in [5, 5.41) is 7.12. The van der Waals surface area contributed by atoms with E-state index in [1.165, 1.54) is 10.6 Å². The van der Waals surface area contributed by atoms with E-state index in [1.807, 2.05) is 36.4 Å². The minimum Gasteiger partial charge on any atom is -0.310 e. The van der Waals surface area contributed by atoms with E-state index in [0.29, 0.717) is 24.2 Å². The molecule has 0 aliphatic heterocycles. The van der Waals surface area contributed by atoms with Gasteiger partial charge in [-0.05, 0) is 24.1 Å². The van der Waals surface area contributed by atoms with Gasteiger partial charge in [0.25, 0.3) is 5.56 Å². The fraction of sp³-hybridized carbons (Fsp3) is 0.105. The summed E-state index contributed by atoms with van der Waals surface area (Å²) in [4.78, 5) is 35.2. The second-order valence-electron chi connectivity index (χ2n) is 5.97. The van der Waals surface area contributed by atoms with Gasteiger partial charge in [0, 0.05) is 30.4 Å². The van der Waals surface area contributed by atoms with Crippen LogP contribution in [0.3, 0.4) is 0 Å². The van der Waals surface area contributed by atoms with E-state index >= 15 is 0 Å². The van der Waals surface area contributed by atoms with Crippen molar-refractivity contribution in [3.63, 3.8) is 0 Å². The third kappa shape index (κ3) is 3.74. The number of aromatic amines is 1. The van der Waals surface area contributed by atoms with Gasteiger partial charge >= 0.3 is 0 Å². The molecular formula is C19H16N6O2. The van der Waals surface area contributed by atoms with E-state index in [2.05, 4.69) is 25.4 Å². The molecule has 0 saturated carbocycles. The molecule has 4 rings (SSSR count). The van der Waals surface area contributed by atoms with Crippen LogP contribution in [0.1, 0.15) is 12.0 Å². The SMILES string of the molecule is O=C(CCc1ccccc1)Nc1cc(=O)[nH]c2nc(-c3cccnc3)nn12. The molecule has 0 radical (unpaired) electrons. The average Bonchev–Trinajstić information content (AvgIpc) is 3.12. The number of aromatic nitrogens is 5. The van der Waals surface area contributed by atoms with Crippen molar-refractivity contribution in [2.24, 2.45) is 0 Å². The maximum atomic E-state index is 12.3. The molecule has 0 atom stereocenters. The second kappa shape index (κ2) is 7.20. The largest absolute Gasteiger partial charge is 0.310 e. The maximum Gasteiger partial charge on any atom is 0.254 e. The lowest BCUT2D eigenvalue weighted by Crippen LogP contribution is -2.19. The van der Waals surface area contributed by atoms with Gasteiger partial charge in [-0.1, -0.05) is 30.3 Å². The number of aryl methyl sites for hydroxylation is 1. The van der Waals surface area contributed by atoms with E-state index in [9.17, 15) is 9.59 Å². The van der Waals surface area contributed by atoms with Crippen LogP contribution in [0, 0.1) is 0 Å². The fourth-order valence-corrected chi connectivity index (χ4v) is 2.71. The topological polar surface area (TPSA) is 105 Å². The van der Waals surface area contributed by atoms with Gasteiger partial charge < -0.3 is 5.32 Å². The first-order valence-corrected chi connectivity index (χ1v) is 8.43. The first kappa shape index (κ1) is 16.6. The van der Waals surface area contributed by atoms with Crippen molar-refractivity contribution in [1.29, 1.82) is 0 Å². The Balaban J connectivity index is 1.58. The molecule has 0 bridgehead atoms. The van der Waals surface area contributed by atoms with E-state index in [1.54, 1.807) is 18.5 Å². The number of H-pyrrole nitrogens is 1. The van der Waals surface area contributed by atoms with Crippen molar-refractivity contribution in [1.82, 2.24) is 24.6 Å². The highest BCUT2D eigenvalue weighted by atomic mass is 16.2. The zero-order chi connectivity index (χ0) is 18.6. The molecule has 27 heavy (non-hydrogen) atoms. The lowest BCUT2D eigenvalue weighted by atomic mass is 10.1. The molecule has 134 valence electrons. The molecule has 8 heteroatoms. The molecule has 2 N–H and O–H groups in total. The summed E-state index contributed by atoms with van der Waals surface area (Å²) < 4.78 is 1.41. The Kier molecular flexibility index (Phi) is 4.44. The number of hydrogen-bond acceptors (Lipinski definition) is 5. The first-order chi connectivity index (χ1) is 13.2. The van der Waals surface area contributed by atoms with Crippen molar-refractivity contribution < 1.29 is 4.79 Å². The van der Waals surface area contributed by atoms with Crippen LogP contribution >= 0.6 is 0 Å². The summed E-state index contributed by atoms with van der Waals surface area (Å²) in [6, 6.07) is 14.6. The number of rotatable bonds is 5. The highest BCUT2D eigenvalue weighted by Crippen LogP contribution is 2.16. The van der Waals surface area contributed by atoms with Crippen LogP contribution in [0.4, 0.5) is 5.82 Å². The Hall–Kier alpha value is -3.81. The van der Waals surface area contributed by atoms with Gasteiger partial charge in [0.1, 0.15) is 5.82 Å². The van der Waals surface area contributed by atoms with Crippen molar-refractivity contribution in [3.05, 3.63) is 76.8 Å². The van der Waals surface area contributed by atoms with E-state index in [-0.39, 0.29) is 23.1 Å². The van der Waals surface area contributed by atoms with Crippen LogP contribution in [0.2, 0.25) is 0 Å². The van der Waals surface area contributed by atoms with Gasteiger partial charge in [0.15, 0.2) is 5.82 Å². The van der Waals surface area contributed by atoms with Crippen LogP contribution in [0.25, 0.3) is 17.2 Å². The van der Waals surface area contributed by atoms with E-state index in [0.717, 1.165) is 5.56 Å². The van der Waals surface area contributed by atoms with Gasteiger partial charge in [-0.3, -0.25) is 19.6 Å². The molecule has 4 aromatic rings. The van der Waals surface area contributed by atoms with Crippen molar-refractivity contribution in [3.8, 4) is 11.4 Å². The minimum atomic E-state index is -0.369. The first-order valence-electron chi connectivity index (χ1n) is 8.43. The number of benzene rings is 1. The monoisotopic (exact) mass is 360 g/mol. The van der Waals surface area contributed by atoms with Crippen molar-refractivity contribution in [2.75, 3.05) is 5.32 Å². The number of pyridine rings is 1. The summed E-state index contributed by atoms with van der Waals surface area (Å²) in [6.45, 7) is 0. The van der Waals surface area contributed by atoms with Gasteiger partial charge in [0.05, 0.1) is 0 Å². The van der Waals surface area contributed by atoms with Gasteiger partial charge in [-0.15, -0.1) is 5.10 Å². The van der Waals surface area contributed by atoms with E-state index < -0.39 is 0 Å². The predicted molar refractivity (Wildman–Crippen MR) is 100 cm³/mol. The normalized spacial score (nSPS) is 10.8. The highest BCUT2D eigenvalue weighted by Gasteiger charge is 2.13. The second-order valence-corrected chi connectivity index (χ2v) is 5.97. The number of nitrogens with zero attached hydrogens (tertiary/aromatic N) is 4. The Morgan fingerprint density at radius 3 is 2.78 bits per heavy atom. The number of hydrogen-bond donors (Lipinski definition) is 2. The molecule has 0 spiro atoms. The molecular weight excluding hydrogens is 344 g/mol. The van der Waals surface area contributed by atoms with Gasteiger partial charge in [-0.25, -0.2) is 0 Å². The third-order valence-corrected chi connectivity index (χ3v) is 4.01. The van der Waals surface area contributed by atoms with E-state index in [4.69, 9.17) is 0 Å². The zero-order valence-corrected chi connectivity index (χ0v) is 14.3. The molecule has 3 heterocycles. The lowest BCUT2D eigenvalue weighted by Gasteiger charge is -2.06. The number of amides is 1. The summed E-state index contributed by atoms with van der Waals surface area (Å²) in [5.41, 5.74) is 1.41. The smallest absolute Gasteiger partial charge is 0.254 e. The molecule has 8 nitrogen and oxygen atoms in total. The molecule has 3 aromatic heterocycles. The van der Waals surface area contributed by atoms with Crippen LogP contribution in [0.5, 0.6) is 0 Å². The van der Waals surface area contributed by atoms with Crippen LogP contribution in [0.15, 0.2) is 65.7 Å². The molecule has 0 aliphatic carbocycles. The standard InChI is InChI=1S/C19H16N6O2/c26-16(9-8-13-5-2-1-3-6-13)21-15-11-17(27)22-19-23-18(24-25(15)19)14-7-4-10-20-12-14/h1-7,10-12H,8-9H2,(H,21,26)(H,22,23,24,27). The average molecular weight is 360 g/mol. The fourth-order valence-electron chi connectivity index (χ4n) is 2.71. The molecule has 0 fully saturated rings. The molecule has 0 saturated heterocycles. The Morgan fingerprint density at radius 2 is 2.00 bits per heavy atom. The van der Waals surface area contributed by atoms with Gasteiger partial charge in [-0.2, -0.15) is 9.50 Å². The van der Waals surface area contributed by atoms with Crippen LogP contribution in [-0.2, 0) is 11.2 Å². The number of fused-ring (bicyclic) bond motifs is 1. The van der Waals surface area contributed by atoms with Crippen LogP contribution < -0.4 is 10.9 Å². The maximum absolute atomic E-state index is 12.3. The number of nitrogens with one attached hydrogen (secondary N) is 2. The zero-order valence-electron chi connectivity index (χ0n) is 14.3. The summed E-state index contributed by atoms with van der Waals surface area (Å²) >= 11 is 0. The number of carbonyl (C=O) groups is 1. The van der Waals surface area contributed by atoms with Crippen molar-refractivity contribution in [2.45, 2.75) is 12.8 Å². The quantitative estimate of drug-likeness (QED) is 0.567. The Morgan fingerprint density at radius 1 is 1.15 bits per heavy atom. The Bertz CT molecular complexity index is 1140. The molecule has 0 aliphatic rings. The predicted octanol–water partition coefficient (Wildman–Crippen LogP) is 2.05. The lowest BCUT2D eigenvalue weighted by molar-refractivity contribution is -0.116. The Labute approximate surface area is 153 Å². The summed E-state index contributed by atoms with van der Waals surface area (Å²) in [5.74, 6) is 0.725. The summed E-state index contributed by atoms with van der Waals surface area (Å²) in [7, 11) is 0. The van der Waals surface area contributed by atoms with Crippen molar-refractivity contribution >= 4 is 17.5 Å². The molecule has 0 unspecified atom stereocenters. The number of anilines is 1. The minimum absolute atomic E-state index is 0.204.